The van der Waals surface area contributed by atoms with Crippen LogP contribution in [0, 0.1) is 0 Å². The SMILES string of the molecule is CN(CC(=O)N(C)Cc1cnn(-c2ccccc2)c1)Cc1cccc(Cl)c1. The molecule has 0 bridgehead atoms. The molecule has 0 saturated carbocycles. The smallest absolute Gasteiger partial charge is 0.236 e. The van der Waals surface area contributed by atoms with E-state index in [1.165, 1.54) is 0 Å². The number of likely N-dealkylation sites (N-methyl/N-ethyl adjacent to an activating group) is 2. The van der Waals surface area contributed by atoms with Gasteiger partial charge in [-0.3, -0.25) is 9.69 Å². The van der Waals surface area contributed by atoms with Gasteiger partial charge in [-0.1, -0.05) is 41.9 Å². The zero-order valence-corrected chi connectivity index (χ0v) is 16.3. The summed E-state index contributed by atoms with van der Waals surface area (Å²) in [5.41, 5.74) is 3.08. The minimum absolute atomic E-state index is 0.0620. The topological polar surface area (TPSA) is 41.4 Å². The molecule has 0 spiro atoms. The van der Waals surface area contributed by atoms with Gasteiger partial charge in [0.05, 0.1) is 18.4 Å². The molecule has 0 N–H and O–H groups in total. The second kappa shape index (κ2) is 8.84. The van der Waals surface area contributed by atoms with Gasteiger partial charge in [-0.05, 0) is 36.9 Å². The number of para-hydroxylation sites is 1. The number of aromatic nitrogens is 2. The van der Waals surface area contributed by atoms with Crippen molar-refractivity contribution >= 4 is 17.5 Å². The lowest BCUT2D eigenvalue weighted by atomic mass is 10.2. The fraction of sp³-hybridized carbons (Fsp3) is 0.238. The zero-order valence-electron chi connectivity index (χ0n) is 15.5. The van der Waals surface area contributed by atoms with Crippen molar-refractivity contribution in [2.75, 3.05) is 20.6 Å². The van der Waals surface area contributed by atoms with Crippen LogP contribution in [0.2, 0.25) is 5.02 Å². The van der Waals surface area contributed by atoms with Crippen LogP contribution in [0.1, 0.15) is 11.1 Å². The molecule has 0 unspecified atom stereocenters. The number of hydrogen-bond donors (Lipinski definition) is 0. The van der Waals surface area contributed by atoms with Crippen molar-refractivity contribution in [2.24, 2.45) is 0 Å². The first-order valence-corrected chi connectivity index (χ1v) is 9.15. The van der Waals surface area contributed by atoms with E-state index in [9.17, 15) is 4.79 Å². The number of rotatable bonds is 7. The maximum atomic E-state index is 12.5. The molecule has 0 aliphatic carbocycles. The van der Waals surface area contributed by atoms with Gasteiger partial charge in [0.25, 0.3) is 0 Å². The molecule has 6 heteroatoms. The van der Waals surface area contributed by atoms with Crippen molar-refractivity contribution in [2.45, 2.75) is 13.1 Å². The summed E-state index contributed by atoms with van der Waals surface area (Å²) in [6.45, 7) is 1.54. The minimum atomic E-state index is 0.0620. The van der Waals surface area contributed by atoms with Gasteiger partial charge in [0.2, 0.25) is 5.91 Å². The Kier molecular flexibility index (Phi) is 6.27. The number of carbonyl (C=O) groups is 1. The van der Waals surface area contributed by atoms with E-state index in [0.29, 0.717) is 24.7 Å². The monoisotopic (exact) mass is 382 g/mol. The van der Waals surface area contributed by atoms with Crippen molar-refractivity contribution in [3.05, 3.63) is 83.1 Å². The van der Waals surface area contributed by atoms with Crippen LogP contribution in [0.5, 0.6) is 0 Å². The van der Waals surface area contributed by atoms with E-state index in [-0.39, 0.29) is 5.91 Å². The molecule has 2 aromatic carbocycles. The fourth-order valence-corrected chi connectivity index (χ4v) is 3.09. The summed E-state index contributed by atoms with van der Waals surface area (Å²) < 4.78 is 1.82. The third kappa shape index (κ3) is 5.42. The zero-order chi connectivity index (χ0) is 19.2. The molecule has 5 nitrogen and oxygen atoms in total. The van der Waals surface area contributed by atoms with Crippen LogP contribution in [0.25, 0.3) is 5.69 Å². The van der Waals surface area contributed by atoms with Gasteiger partial charge in [-0.2, -0.15) is 5.10 Å². The highest BCUT2D eigenvalue weighted by molar-refractivity contribution is 6.30. The summed E-state index contributed by atoms with van der Waals surface area (Å²) >= 11 is 6.02. The number of nitrogens with zero attached hydrogens (tertiary/aromatic N) is 4. The van der Waals surface area contributed by atoms with Crippen LogP contribution in [0.3, 0.4) is 0 Å². The maximum absolute atomic E-state index is 12.5. The van der Waals surface area contributed by atoms with Gasteiger partial charge in [0.1, 0.15) is 0 Å². The van der Waals surface area contributed by atoms with E-state index in [1.54, 1.807) is 11.1 Å². The molecule has 0 aliphatic heterocycles. The second-order valence-corrected chi connectivity index (χ2v) is 7.12. The van der Waals surface area contributed by atoms with Gasteiger partial charge in [-0.25, -0.2) is 4.68 Å². The first kappa shape index (κ1) is 19.1. The van der Waals surface area contributed by atoms with Gasteiger partial charge >= 0.3 is 0 Å². The van der Waals surface area contributed by atoms with Gasteiger partial charge < -0.3 is 4.90 Å². The predicted octanol–water partition coefficient (Wildman–Crippen LogP) is 3.62. The van der Waals surface area contributed by atoms with Crippen LogP contribution >= 0.6 is 11.6 Å². The molecule has 3 rings (SSSR count). The summed E-state index contributed by atoms with van der Waals surface area (Å²) in [5.74, 6) is 0.0620. The Morgan fingerprint density at radius 3 is 2.56 bits per heavy atom. The van der Waals surface area contributed by atoms with Crippen LogP contribution in [0.4, 0.5) is 0 Å². The molecule has 0 saturated heterocycles. The van der Waals surface area contributed by atoms with Crippen LogP contribution in [-0.2, 0) is 17.9 Å². The number of benzene rings is 2. The van der Waals surface area contributed by atoms with Crippen LogP contribution in [0.15, 0.2) is 67.0 Å². The molecule has 1 heterocycles. The average Bonchev–Trinajstić information content (AvgIpc) is 3.11. The second-order valence-electron chi connectivity index (χ2n) is 6.68. The van der Waals surface area contributed by atoms with E-state index >= 15 is 0 Å². The number of halogens is 1. The van der Waals surface area contributed by atoms with E-state index in [0.717, 1.165) is 16.8 Å². The molecule has 3 aromatic rings. The number of hydrogen-bond acceptors (Lipinski definition) is 3. The minimum Gasteiger partial charge on any atom is -0.340 e. The van der Waals surface area contributed by atoms with Crippen molar-refractivity contribution in [3.63, 3.8) is 0 Å². The first-order chi connectivity index (χ1) is 13.0. The molecule has 27 heavy (non-hydrogen) atoms. The van der Waals surface area contributed by atoms with Crippen molar-refractivity contribution in [1.29, 1.82) is 0 Å². The third-order valence-corrected chi connectivity index (χ3v) is 4.48. The summed E-state index contributed by atoms with van der Waals surface area (Å²) in [4.78, 5) is 16.2. The number of amides is 1. The van der Waals surface area contributed by atoms with Crippen molar-refractivity contribution < 1.29 is 4.79 Å². The summed E-state index contributed by atoms with van der Waals surface area (Å²) in [6.07, 6.45) is 3.75. The van der Waals surface area contributed by atoms with E-state index in [1.807, 2.05) is 84.5 Å². The Bertz CT molecular complexity index is 894. The highest BCUT2D eigenvalue weighted by Gasteiger charge is 2.13. The first-order valence-electron chi connectivity index (χ1n) is 8.77. The fourth-order valence-electron chi connectivity index (χ4n) is 2.88. The molecule has 0 radical (unpaired) electrons. The Morgan fingerprint density at radius 1 is 1.04 bits per heavy atom. The quantitative estimate of drug-likeness (QED) is 0.626. The lowest BCUT2D eigenvalue weighted by molar-refractivity contribution is -0.131. The molecule has 140 valence electrons. The molecule has 0 atom stereocenters. The lowest BCUT2D eigenvalue weighted by Gasteiger charge is -2.21. The van der Waals surface area contributed by atoms with E-state index < -0.39 is 0 Å². The van der Waals surface area contributed by atoms with E-state index in [4.69, 9.17) is 11.6 Å². The molecule has 1 amide bonds. The van der Waals surface area contributed by atoms with Crippen molar-refractivity contribution in [1.82, 2.24) is 19.6 Å². The predicted molar refractivity (Wildman–Crippen MR) is 108 cm³/mol. The van der Waals surface area contributed by atoms with Gasteiger partial charge in [-0.15, -0.1) is 0 Å². The van der Waals surface area contributed by atoms with Crippen LogP contribution in [-0.4, -0.2) is 46.1 Å². The van der Waals surface area contributed by atoms with Gasteiger partial charge in [0.15, 0.2) is 0 Å². The molecular weight excluding hydrogens is 360 g/mol. The molecular formula is C21H23ClN4O. The largest absolute Gasteiger partial charge is 0.340 e. The molecule has 0 aliphatic rings. The van der Waals surface area contributed by atoms with Gasteiger partial charge in [0, 0.05) is 36.9 Å². The number of carbonyl (C=O) groups excluding carboxylic acids is 1. The summed E-state index contributed by atoms with van der Waals surface area (Å²) in [6, 6.07) is 17.6. The molecule has 1 aromatic heterocycles. The highest BCUT2D eigenvalue weighted by Crippen LogP contribution is 2.13. The Hall–Kier alpha value is -2.63. The molecule has 0 fully saturated rings. The average molecular weight is 383 g/mol. The normalized spacial score (nSPS) is 11.0. The highest BCUT2D eigenvalue weighted by atomic mass is 35.5. The summed E-state index contributed by atoms with van der Waals surface area (Å²) in [5, 5.41) is 5.09. The third-order valence-electron chi connectivity index (χ3n) is 4.25. The maximum Gasteiger partial charge on any atom is 0.236 e. The van der Waals surface area contributed by atoms with Crippen molar-refractivity contribution in [3.8, 4) is 5.69 Å². The Morgan fingerprint density at radius 2 is 1.81 bits per heavy atom. The standard InChI is InChI=1S/C21H23ClN4O/c1-24(13-17-7-6-8-19(22)11-17)16-21(27)25(2)14-18-12-23-26(15-18)20-9-4-3-5-10-20/h3-12,15H,13-14,16H2,1-2H3. The Balaban J connectivity index is 1.54. The lowest BCUT2D eigenvalue weighted by Crippen LogP contribution is -2.35. The Labute approximate surface area is 164 Å². The van der Waals surface area contributed by atoms with Crippen LogP contribution < -0.4 is 0 Å². The summed E-state index contributed by atoms with van der Waals surface area (Å²) in [7, 11) is 3.75. The van der Waals surface area contributed by atoms with E-state index in [2.05, 4.69) is 5.10 Å².